The fourth-order valence-corrected chi connectivity index (χ4v) is 7.41. The molecule has 0 spiro atoms. The van der Waals surface area contributed by atoms with Crippen LogP contribution in [-0.4, -0.2) is 93.8 Å². The Labute approximate surface area is 215 Å². The molecule has 0 aromatic heterocycles. The summed E-state index contributed by atoms with van der Waals surface area (Å²) in [6, 6.07) is -0.519. The van der Waals surface area contributed by atoms with Crippen molar-refractivity contribution in [2.45, 2.75) is 114 Å². The maximum Gasteiger partial charge on any atom is 0.433 e. The topological polar surface area (TPSA) is 93.6 Å². The summed E-state index contributed by atoms with van der Waals surface area (Å²) in [5, 5.41) is 11.2. The molecule has 0 radical (unpaired) electrons. The van der Waals surface area contributed by atoms with E-state index >= 15 is 0 Å². The van der Waals surface area contributed by atoms with Gasteiger partial charge >= 0.3 is 6.09 Å². The summed E-state index contributed by atoms with van der Waals surface area (Å²) in [7, 11) is 2.09. The van der Waals surface area contributed by atoms with Crippen LogP contribution in [0.3, 0.4) is 0 Å². The molecule has 3 saturated heterocycles. The van der Waals surface area contributed by atoms with Gasteiger partial charge in [0.2, 0.25) is 5.91 Å². The van der Waals surface area contributed by atoms with E-state index in [0.29, 0.717) is 24.7 Å². The van der Waals surface area contributed by atoms with Crippen LogP contribution < -0.4 is 0 Å². The zero-order valence-corrected chi connectivity index (χ0v) is 21.9. The van der Waals surface area contributed by atoms with Crippen molar-refractivity contribution in [3.8, 4) is 0 Å². The lowest BCUT2D eigenvalue weighted by Crippen LogP contribution is -2.74. The third-order valence-corrected chi connectivity index (χ3v) is 9.50. The molecule has 36 heavy (non-hydrogen) atoms. The number of carbonyl (C=O) groups excluding carboxylic acids is 2. The summed E-state index contributed by atoms with van der Waals surface area (Å²) in [5.74, 6) is 0.605. The van der Waals surface area contributed by atoms with Crippen molar-refractivity contribution in [2.24, 2.45) is 11.8 Å². The lowest BCUT2D eigenvalue weighted by molar-refractivity contribution is -0.269. The molecule has 9 heteroatoms. The highest BCUT2D eigenvalue weighted by molar-refractivity contribution is 5.92. The van der Waals surface area contributed by atoms with Crippen molar-refractivity contribution in [3.63, 3.8) is 0 Å². The van der Waals surface area contributed by atoms with Gasteiger partial charge in [-0.1, -0.05) is 64.2 Å². The number of fused-ring (bicyclic) bond motifs is 1. The summed E-state index contributed by atoms with van der Waals surface area (Å²) < 4.78 is 0. The fourth-order valence-electron chi connectivity index (χ4n) is 7.41. The smallest absolute Gasteiger partial charge is 0.433 e. The quantitative estimate of drug-likeness (QED) is 0.614. The number of rotatable bonds is 5. The van der Waals surface area contributed by atoms with E-state index in [1.54, 1.807) is 4.90 Å². The summed E-state index contributed by atoms with van der Waals surface area (Å²) in [4.78, 5) is 52.2. The second-order valence-electron chi connectivity index (χ2n) is 11.9. The number of piperidine rings is 1. The van der Waals surface area contributed by atoms with E-state index < -0.39 is 24.4 Å². The lowest BCUT2D eigenvalue weighted by atomic mass is 9.82. The van der Waals surface area contributed by atoms with Crippen molar-refractivity contribution in [1.29, 1.82) is 0 Å². The zero-order valence-electron chi connectivity index (χ0n) is 21.9. The molecule has 0 aromatic carbocycles. The molecule has 0 aromatic rings. The maximum atomic E-state index is 14.1. The van der Waals surface area contributed by atoms with Crippen molar-refractivity contribution < 1.29 is 24.3 Å². The highest BCUT2D eigenvalue weighted by Gasteiger charge is 2.54. The Balaban J connectivity index is 1.42. The van der Waals surface area contributed by atoms with Crippen LogP contribution in [0, 0.1) is 11.8 Å². The van der Waals surface area contributed by atoms with Gasteiger partial charge in [-0.25, -0.2) is 4.79 Å². The van der Waals surface area contributed by atoms with E-state index in [4.69, 9.17) is 4.84 Å². The van der Waals surface area contributed by atoms with Crippen LogP contribution in [0.4, 0.5) is 4.79 Å². The molecule has 1 unspecified atom stereocenters. The monoisotopic (exact) mass is 504 g/mol. The molecule has 3 atom stereocenters. The molecule has 9 nitrogen and oxygen atoms in total. The Morgan fingerprint density at radius 3 is 2.03 bits per heavy atom. The number of carboxylic acid groups (broad SMARTS) is 1. The molecule has 202 valence electrons. The number of hydrogen-bond acceptors (Lipinski definition) is 5. The molecule has 2 aliphatic carbocycles. The molecular weight excluding hydrogens is 460 g/mol. The SMILES string of the molecule is CN1CCC(N2CC3N(C(=O)O)O[C@H](CC4CCCCC4)C(=O)N3[C@@H](CC3CCCCC3)C2=O)CC1. The van der Waals surface area contributed by atoms with Gasteiger partial charge in [0.1, 0.15) is 6.04 Å². The average Bonchev–Trinajstić information content (AvgIpc) is 2.88. The van der Waals surface area contributed by atoms with E-state index in [-0.39, 0.29) is 24.4 Å². The first-order valence-corrected chi connectivity index (χ1v) is 14.4. The van der Waals surface area contributed by atoms with Crippen LogP contribution in [0.5, 0.6) is 0 Å². The molecule has 0 bridgehead atoms. The molecule has 1 N–H and O–H groups in total. The van der Waals surface area contributed by atoms with Gasteiger partial charge in [0, 0.05) is 6.04 Å². The molecule has 3 aliphatic heterocycles. The summed E-state index contributed by atoms with van der Waals surface area (Å²) in [6.07, 6.45) is 11.5. The summed E-state index contributed by atoms with van der Waals surface area (Å²) >= 11 is 0. The normalized spacial score (nSPS) is 32.1. The van der Waals surface area contributed by atoms with Crippen molar-refractivity contribution in [1.82, 2.24) is 19.8 Å². The van der Waals surface area contributed by atoms with E-state index in [2.05, 4.69) is 11.9 Å². The number of likely N-dealkylation sites (tertiary alicyclic amines) is 1. The Bertz CT molecular complexity index is 804. The maximum absolute atomic E-state index is 14.1. The van der Waals surface area contributed by atoms with Crippen LogP contribution in [-0.2, 0) is 14.4 Å². The molecule has 5 rings (SSSR count). The highest BCUT2D eigenvalue weighted by atomic mass is 16.7. The van der Waals surface area contributed by atoms with E-state index in [1.165, 1.54) is 12.8 Å². The number of piperazine rings is 1. The molecule has 5 fully saturated rings. The van der Waals surface area contributed by atoms with E-state index in [1.807, 2.05) is 4.90 Å². The molecule has 5 aliphatic rings. The molecular formula is C27H44N4O5. The average molecular weight is 505 g/mol. The second kappa shape index (κ2) is 11.3. The third-order valence-electron chi connectivity index (χ3n) is 9.50. The second-order valence-corrected chi connectivity index (χ2v) is 11.9. The van der Waals surface area contributed by atoms with Gasteiger partial charge in [-0.15, -0.1) is 0 Å². The highest BCUT2D eigenvalue weighted by Crippen LogP contribution is 2.38. The van der Waals surface area contributed by atoms with E-state index in [9.17, 15) is 19.5 Å². The minimum atomic E-state index is -1.18. The third kappa shape index (κ3) is 5.37. The number of amides is 3. The van der Waals surface area contributed by atoms with Gasteiger partial charge in [-0.3, -0.25) is 14.4 Å². The van der Waals surface area contributed by atoms with Crippen LogP contribution in [0.2, 0.25) is 0 Å². The fraction of sp³-hybridized carbons (Fsp3) is 0.889. The number of hydrogen-bond donors (Lipinski definition) is 1. The van der Waals surface area contributed by atoms with Crippen LogP contribution in [0.1, 0.15) is 89.9 Å². The standard InChI is InChI=1S/C27H44N4O5/c1-28-14-12-21(13-15-28)29-18-24-30(22(25(29)32)16-19-8-4-2-5-9-19)26(33)23(36-31(24)27(34)35)17-20-10-6-3-7-11-20/h19-24H,2-18H2,1H3,(H,34,35)/t22-,23+,24?/m0/s1. The van der Waals surface area contributed by atoms with Crippen LogP contribution >= 0.6 is 0 Å². The molecule has 3 amide bonds. The van der Waals surface area contributed by atoms with Gasteiger partial charge in [0.15, 0.2) is 12.3 Å². The Morgan fingerprint density at radius 2 is 1.44 bits per heavy atom. The lowest BCUT2D eigenvalue weighted by Gasteiger charge is -2.54. The first-order chi connectivity index (χ1) is 17.4. The zero-order chi connectivity index (χ0) is 25.2. The van der Waals surface area contributed by atoms with Gasteiger partial charge in [-0.05, 0) is 57.7 Å². The Kier molecular flexibility index (Phi) is 8.05. The number of carbonyl (C=O) groups is 3. The van der Waals surface area contributed by atoms with Crippen LogP contribution in [0.15, 0.2) is 0 Å². The predicted molar refractivity (Wildman–Crippen MR) is 134 cm³/mol. The summed E-state index contributed by atoms with van der Waals surface area (Å²) in [5.41, 5.74) is 0. The van der Waals surface area contributed by atoms with Crippen molar-refractivity contribution in [2.75, 3.05) is 26.7 Å². The first kappa shape index (κ1) is 25.8. The van der Waals surface area contributed by atoms with Crippen molar-refractivity contribution >= 4 is 17.9 Å². The minimum Gasteiger partial charge on any atom is -0.463 e. The molecule has 2 saturated carbocycles. The van der Waals surface area contributed by atoms with Crippen molar-refractivity contribution in [3.05, 3.63) is 0 Å². The Hall–Kier alpha value is -1.87. The van der Waals surface area contributed by atoms with Gasteiger partial charge in [0.25, 0.3) is 5.91 Å². The number of nitrogens with zero attached hydrogens (tertiary/aromatic N) is 4. The largest absolute Gasteiger partial charge is 0.463 e. The summed E-state index contributed by atoms with van der Waals surface area (Å²) in [6.45, 7) is 2.03. The van der Waals surface area contributed by atoms with Gasteiger partial charge in [0.05, 0.1) is 6.54 Å². The van der Waals surface area contributed by atoms with Gasteiger partial charge < -0.3 is 19.8 Å². The molecule has 3 heterocycles. The number of hydroxylamine groups is 2. The van der Waals surface area contributed by atoms with E-state index in [0.717, 1.165) is 82.4 Å². The van der Waals surface area contributed by atoms with Gasteiger partial charge in [-0.2, -0.15) is 5.06 Å². The minimum absolute atomic E-state index is 0.0170. The van der Waals surface area contributed by atoms with Crippen LogP contribution in [0.25, 0.3) is 0 Å². The Morgan fingerprint density at radius 1 is 0.861 bits per heavy atom. The predicted octanol–water partition coefficient (Wildman–Crippen LogP) is 3.68. The first-order valence-electron chi connectivity index (χ1n) is 14.4.